The van der Waals surface area contributed by atoms with Crippen LogP contribution in [0, 0.1) is 11.8 Å². The Balaban J connectivity index is 3.53. The molecule has 92 valence electrons. The lowest BCUT2D eigenvalue weighted by atomic mass is 9.94. The number of hydrogen-bond donors (Lipinski definition) is 1. The smallest absolute Gasteiger partial charge is 0.00205 e. The van der Waals surface area contributed by atoms with Crippen molar-refractivity contribution in [1.29, 1.82) is 0 Å². The molecule has 0 aliphatic carbocycles. The van der Waals surface area contributed by atoms with Gasteiger partial charge in [0.05, 0.1) is 0 Å². The Morgan fingerprint density at radius 3 is 2.20 bits per heavy atom. The minimum absolute atomic E-state index is 0.871. The molecule has 0 amide bonds. The van der Waals surface area contributed by atoms with Crippen molar-refractivity contribution in [2.75, 3.05) is 13.1 Å². The van der Waals surface area contributed by atoms with Crippen molar-refractivity contribution >= 4 is 0 Å². The van der Waals surface area contributed by atoms with Crippen molar-refractivity contribution in [1.82, 2.24) is 5.32 Å². The van der Waals surface area contributed by atoms with Crippen molar-refractivity contribution in [2.24, 2.45) is 11.8 Å². The second-order valence-electron chi connectivity index (χ2n) is 5.18. The number of hydrogen-bond acceptors (Lipinski definition) is 1. The van der Waals surface area contributed by atoms with E-state index >= 15 is 0 Å². The molecule has 0 radical (unpaired) electrons. The third-order valence-electron chi connectivity index (χ3n) is 2.95. The van der Waals surface area contributed by atoms with Gasteiger partial charge >= 0.3 is 0 Å². The lowest BCUT2D eigenvalue weighted by molar-refractivity contribution is 0.385. The molecule has 1 nitrogen and oxygen atoms in total. The topological polar surface area (TPSA) is 12.0 Å². The number of nitrogens with one attached hydrogen (secondary N) is 1. The van der Waals surface area contributed by atoms with E-state index in [9.17, 15) is 0 Å². The molecule has 0 aromatic rings. The molecule has 0 aromatic heterocycles. The standard InChI is InChI=1S/C14H31N/c1-5-8-14(12-15-11-6-2)10-7-9-13(3)4/h13-15H,5-12H2,1-4H3. The normalized spacial score (nSPS) is 13.4. The Morgan fingerprint density at radius 2 is 1.67 bits per heavy atom. The van der Waals surface area contributed by atoms with Crippen LogP contribution in [0.1, 0.15) is 66.2 Å². The highest BCUT2D eigenvalue weighted by molar-refractivity contribution is 4.63. The first-order valence-electron chi connectivity index (χ1n) is 6.91. The molecule has 1 unspecified atom stereocenters. The number of rotatable bonds is 10. The van der Waals surface area contributed by atoms with Gasteiger partial charge in [-0.25, -0.2) is 0 Å². The Labute approximate surface area is 97.0 Å². The molecule has 0 aromatic carbocycles. The monoisotopic (exact) mass is 213 g/mol. The molecule has 1 atom stereocenters. The average molecular weight is 213 g/mol. The zero-order valence-corrected chi connectivity index (χ0v) is 11.3. The van der Waals surface area contributed by atoms with E-state index in [-0.39, 0.29) is 0 Å². The van der Waals surface area contributed by atoms with Gasteiger partial charge in [-0.05, 0) is 44.2 Å². The van der Waals surface area contributed by atoms with Gasteiger partial charge in [0.1, 0.15) is 0 Å². The fourth-order valence-electron chi connectivity index (χ4n) is 2.05. The van der Waals surface area contributed by atoms with Crippen molar-refractivity contribution in [3.8, 4) is 0 Å². The largest absolute Gasteiger partial charge is 0.316 e. The zero-order chi connectivity index (χ0) is 11.5. The van der Waals surface area contributed by atoms with Crippen molar-refractivity contribution in [2.45, 2.75) is 66.2 Å². The van der Waals surface area contributed by atoms with Crippen LogP contribution < -0.4 is 5.32 Å². The van der Waals surface area contributed by atoms with Crippen LogP contribution >= 0.6 is 0 Å². The van der Waals surface area contributed by atoms with E-state index in [1.54, 1.807) is 0 Å². The van der Waals surface area contributed by atoms with E-state index < -0.39 is 0 Å². The predicted molar refractivity (Wildman–Crippen MR) is 70.2 cm³/mol. The van der Waals surface area contributed by atoms with E-state index in [0.717, 1.165) is 11.8 Å². The summed E-state index contributed by atoms with van der Waals surface area (Å²) < 4.78 is 0. The lowest BCUT2D eigenvalue weighted by Gasteiger charge is -2.17. The second-order valence-corrected chi connectivity index (χ2v) is 5.18. The van der Waals surface area contributed by atoms with Crippen LogP contribution in [-0.2, 0) is 0 Å². The maximum atomic E-state index is 3.56. The molecule has 1 heteroatoms. The summed E-state index contributed by atoms with van der Waals surface area (Å²) in [5.74, 6) is 1.79. The molecule has 0 aliphatic rings. The maximum Gasteiger partial charge on any atom is -0.00205 e. The fraction of sp³-hybridized carbons (Fsp3) is 1.00. The van der Waals surface area contributed by atoms with Crippen molar-refractivity contribution < 1.29 is 0 Å². The molecule has 15 heavy (non-hydrogen) atoms. The van der Waals surface area contributed by atoms with Crippen LogP contribution in [0.3, 0.4) is 0 Å². The molecule has 0 heterocycles. The highest BCUT2D eigenvalue weighted by atomic mass is 14.8. The molecule has 0 saturated heterocycles. The van der Waals surface area contributed by atoms with Crippen LogP contribution in [0.4, 0.5) is 0 Å². The first kappa shape index (κ1) is 15.0. The molecule has 0 bridgehead atoms. The summed E-state index contributed by atoms with van der Waals surface area (Å²) >= 11 is 0. The van der Waals surface area contributed by atoms with E-state index in [1.807, 2.05) is 0 Å². The van der Waals surface area contributed by atoms with Gasteiger partial charge in [-0.2, -0.15) is 0 Å². The van der Waals surface area contributed by atoms with Gasteiger partial charge in [0.15, 0.2) is 0 Å². The molecular weight excluding hydrogens is 182 g/mol. The van der Waals surface area contributed by atoms with E-state index in [1.165, 1.54) is 51.6 Å². The van der Waals surface area contributed by atoms with Gasteiger partial charge < -0.3 is 5.32 Å². The van der Waals surface area contributed by atoms with Crippen LogP contribution in [0.25, 0.3) is 0 Å². The fourth-order valence-corrected chi connectivity index (χ4v) is 2.05. The molecule has 1 N–H and O–H groups in total. The van der Waals surface area contributed by atoms with Crippen LogP contribution in [0.15, 0.2) is 0 Å². The molecule has 0 spiro atoms. The SMILES string of the molecule is CCCNCC(CCC)CCCC(C)C. The van der Waals surface area contributed by atoms with E-state index in [4.69, 9.17) is 0 Å². The molecule has 0 rings (SSSR count). The van der Waals surface area contributed by atoms with Crippen LogP contribution in [-0.4, -0.2) is 13.1 Å². The third kappa shape index (κ3) is 10.2. The maximum absolute atomic E-state index is 3.56. The van der Waals surface area contributed by atoms with Crippen molar-refractivity contribution in [3.05, 3.63) is 0 Å². The third-order valence-corrected chi connectivity index (χ3v) is 2.95. The Hall–Kier alpha value is -0.0400. The van der Waals surface area contributed by atoms with Crippen molar-refractivity contribution in [3.63, 3.8) is 0 Å². The first-order valence-corrected chi connectivity index (χ1v) is 6.91. The Kier molecular flexibility index (Phi) is 10.4. The average Bonchev–Trinajstić information content (AvgIpc) is 2.17. The summed E-state index contributed by atoms with van der Waals surface area (Å²) in [5.41, 5.74) is 0. The van der Waals surface area contributed by atoms with Gasteiger partial charge in [0.25, 0.3) is 0 Å². The Bertz CT molecular complexity index is 121. The van der Waals surface area contributed by atoms with Gasteiger partial charge in [-0.15, -0.1) is 0 Å². The molecule has 0 aliphatic heterocycles. The zero-order valence-electron chi connectivity index (χ0n) is 11.3. The summed E-state index contributed by atoms with van der Waals surface area (Å²) in [6.45, 7) is 11.6. The minimum atomic E-state index is 0.871. The van der Waals surface area contributed by atoms with Gasteiger partial charge in [-0.3, -0.25) is 0 Å². The van der Waals surface area contributed by atoms with E-state index in [0.29, 0.717) is 0 Å². The van der Waals surface area contributed by atoms with E-state index in [2.05, 4.69) is 33.0 Å². The highest BCUT2D eigenvalue weighted by Gasteiger charge is 2.07. The summed E-state index contributed by atoms with van der Waals surface area (Å²) in [4.78, 5) is 0. The second kappa shape index (κ2) is 10.5. The van der Waals surface area contributed by atoms with Gasteiger partial charge in [0.2, 0.25) is 0 Å². The van der Waals surface area contributed by atoms with Gasteiger partial charge in [0, 0.05) is 0 Å². The summed E-state index contributed by atoms with van der Waals surface area (Å²) in [6.07, 6.45) is 8.21. The summed E-state index contributed by atoms with van der Waals surface area (Å²) in [7, 11) is 0. The van der Waals surface area contributed by atoms with Crippen LogP contribution in [0.2, 0.25) is 0 Å². The predicted octanol–water partition coefficient (Wildman–Crippen LogP) is 4.23. The quantitative estimate of drug-likeness (QED) is 0.536. The molecule has 0 fully saturated rings. The first-order chi connectivity index (χ1) is 7.20. The molecular formula is C14H31N. The van der Waals surface area contributed by atoms with Crippen LogP contribution in [0.5, 0.6) is 0 Å². The highest BCUT2D eigenvalue weighted by Crippen LogP contribution is 2.16. The Morgan fingerprint density at radius 1 is 0.933 bits per heavy atom. The van der Waals surface area contributed by atoms with Gasteiger partial charge in [-0.1, -0.05) is 47.0 Å². The minimum Gasteiger partial charge on any atom is -0.316 e. The summed E-state index contributed by atoms with van der Waals surface area (Å²) in [5, 5.41) is 3.56. The molecule has 0 saturated carbocycles. The summed E-state index contributed by atoms with van der Waals surface area (Å²) in [6, 6.07) is 0. The lowest BCUT2D eigenvalue weighted by Crippen LogP contribution is -2.23.